The van der Waals surface area contributed by atoms with Crippen molar-refractivity contribution in [2.45, 2.75) is 25.6 Å². The fourth-order valence-electron chi connectivity index (χ4n) is 1.57. The Morgan fingerprint density at radius 2 is 2.00 bits per heavy atom. The van der Waals surface area contributed by atoms with Crippen LogP contribution in [-0.4, -0.2) is 19.8 Å². The summed E-state index contributed by atoms with van der Waals surface area (Å²) in [5.41, 5.74) is 7.38. The van der Waals surface area contributed by atoms with Crippen molar-refractivity contribution in [3.05, 3.63) is 29.8 Å². The maximum Gasteiger partial charge on any atom is 0.389 e. The van der Waals surface area contributed by atoms with E-state index in [2.05, 4.69) is 0 Å². The quantitative estimate of drug-likeness (QED) is 0.865. The highest BCUT2D eigenvalue weighted by atomic mass is 19.4. The van der Waals surface area contributed by atoms with Crippen LogP contribution in [0.15, 0.2) is 24.3 Å². The first kappa shape index (κ1) is 13.8. The van der Waals surface area contributed by atoms with E-state index in [1.54, 1.807) is 7.05 Å². The molecule has 0 saturated heterocycles. The highest BCUT2D eigenvalue weighted by Crippen LogP contribution is 2.22. The Bertz CT molecular complexity index is 350. The number of hydrogen-bond donors (Lipinski definition) is 1. The SMILES string of the molecule is CN(CCCC(F)(F)F)c1cccc(CN)c1. The molecular formula is C12H17F3N2. The lowest BCUT2D eigenvalue weighted by molar-refractivity contribution is -0.135. The monoisotopic (exact) mass is 246 g/mol. The number of hydrogen-bond acceptors (Lipinski definition) is 2. The molecule has 0 fully saturated rings. The van der Waals surface area contributed by atoms with Crippen molar-refractivity contribution in [2.24, 2.45) is 5.73 Å². The second-order valence-corrected chi connectivity index (χ2v) is 4.01. The van der Waals surface area contributed by atoms with Crippen molar-refractivity contribution in [2.75, 3.05) is 18.5 Å². The van der Waals surface area contributed by atoms with Gasteiger partial charge in [-0.2, -0.15) is 13.2 Å². The van der Waals surface area contributed by atoms with Gasteiger partial charge in [0.05, 0.1) is 0 Å². The number of alkyl halides is 3. The average Bonchev–Trinajstić information content (AvgIpc) is 2.27. The van der Waals surface area contributed by atoms with Crippen LogP contribution in [0.1, 0.15) is 18.4 Å². The summed E-state index contributed by atoms with van der Waals surface area (Å²) in [5.74, 6) is 0. The summed E-state index contributed by atoms with van der Waals surface area (Å²) >= 11 is 0. The molecule has 1 aromatic carbocycles. The van der Waals surface area contributed by atoms with Gasteiger partial charge in [0.25, 0.3) is 0 Å². The predicted octanol–water partition coefficient (Wildman–Crippen LogP) is 2.92. The summed E-state index contributed by atoms with van der Waals surface area (Å²) in [7, 11) is 1.78. The van der Waals surface area contributed by atoms with E-state index in [-0.39, 0.29) is 6.42 Å². The molecule has 2 nitrogen and oxygen atoms in total. The van der Waals surface area contributed by atoms with E-state index in [0.717, 1.165) is 11.3 Å². The third-order valence-electron chi connectivity index (χ3n) is 2.54. The van der Waals surface area contributed by atoms with Crippen molar-refractivity contribution >= 4 is 5.69 Å². The fourth-order valence-corrected chi connectivity index (χ4v) is 1.57. The largest absolute Gasteiger partial charge is 0.389 e. The summed E-state index contributed by atoms with van der Waals surface area (Å²) in [6.07, 6.45) is -4.71. The minimum atomic E-state index is -4.07. The predicted molar refractivity (Wildman–Crippen MR) is 62.9 cm³/mol. The zero-order chi connectivity index (χ0) is 12.9. The first-order valence-corrected chi connectivity index (χ1v) is 5.49. The molecule has 2 N–H and O–H groups in total. The van der Waals surface area contributed by atoms with Crippen molar-refractivity contribution in [3.63, 3.8) is 0 Å². The van der Waals surface area contributed by atoms with Crippen molar-refractivity contribution in [1.82, 2.24) is 0 Å². The van der Waals surface area contributed by atoms with Gasteiger partial charge in [0.2, 0.25) is 0 Å². The van der Waals surface area contributed by atoms with Crippen LogP contribution in [0.25, 0.3) is 0 Å². The Labute approximate surface area is 99.2 Å². The maximum absolute atomic E-state index is 12.0. The smallest absolute Gasteiger partial charge is 0.375 e. The van der Waals surface area contributed by atoms with E-state index in [1.165, 1.54) is 0 Å². The molecule has 1 rings (SSSR count). The van der Waals surface area contributed by atoms with Gasteiger partial charge in [0, 0.05) is 32.2 Å². The van der Waals surface area contributed by atoms with Crippen LogP contribution in [0.4, 0.5) is 18.9 Å². The normalized spacial score (nSPS) is 11.6. The molecule has 0 spiro atoms. The molecular weight excluding hydrogens is 229 g/mol. The van der Waals surface area contributed by atoms with E-state index in [9.17, 15) is 13.2 Å². The molecule has 0 radical (unpaired) electrons. The van der Waals surface area contributed by atoms with Crippen LogP contribution < -0.4 is 10.6 Å². The highest BCUT2D eigenvalue weighted by molar-refractivity contribution is 5.47. The molecule has 17 heavy (non-hydrogen) atoms. The summed E-state index contributed by atoms with van der Waals surface area (Å²) in [6.45, 7) is 0.817. The van der Waals surface area contributed by atoms with Crippen molar-refractivity contribution in [3.8, 4) is 0 Å². The van der Waals surface area contributed by atoms with Gasteiger partial charge in [-0.3, -0.25) is 0 Å². The van der Waals surface area contributed by atoms with Gasteiger partial charge in [-0.1, -0.05) is 12.1 Å². The van der Waals surface area contributed by atoms with E-state index >= 15 is 0 Å². The number of nitrogens with zero attached hydrogens (tertiary/aromatic N) is 1. The van der Waals surface area contributed by atoms with Crippen LogP contribution in [0.5, 0.6) is 0 Å². The molecule has 0 saturated carbocycles. The van der Waals surface area contributed by atoms with Crippen LogP contribution in [0.3, 0.4) is 0 Å². The molecule has 0 heterocycles. The molecule has 0 atom stereocenters. The number of halogens is 3. The van der Waals surface area contributed by atoms with Gasteiger partial charge in [-0.25, -0.2) is 0 Å². The topological polar surface area (TPSA) is 29.3 Å². The Balaban J connectivity index is 2.49. The van der Waals surface area contributed by atoms with Crippen LogP contribution in [0.2, 0.25) is 0 Å². The zero-order valence-corrected chi connectivity index (χ0v) is 9.80. The van der Waals surface area contributed by atoms with Gasteiger partial charge in [-0.05, 0) is 24.1 Å². The molecule has 0 bridgehead atoms. The summed E-state index contributed by atoms with van der Waals surface area (Å²) in [4.78, 5) is 1.81. The molecule has 1 aromatic rings. The van der Waals surface area contributed by atoms with Crippen molar-refractivity contribution in [1.29, 1.82) is 0 Å². The van der Waals surface area contributed by atoms with Crippen LogP contribution in [0, 0.1) is 0 Å². The molecule has 0 aliphatic rings. The maximum atomic E-state index is 12.0. The molecule has 0 aliphatic heterocycles. The zero-order valence-electron chi connectivity index (χ0n) is 9.80. The summed E-state index contributed by atoms with van der Waals surface area (Å²) in [5, 5.41) is 0. The standard InChI is InChI=1S/C12H17F3N2/c1-17(7-3-6-12(13,14)15)11-5-2-4-10(8-11)9-16/h2,4-5,8H,3,6-7,9,16H2,1H3. The van der Waals surface area contributed by atoms with Crippen molar-refractivity contribution < 1.29 is 13.2 Å². The average molecular weight is 246 g/mol. The third-order valence-corrected chi connectivity index (χ3v) is 2.54. The lowest BCUT2D eigenvalue weighted by Gasteiger charge is -2.20. The first-order valence-electron chi connectivity index (χ1n) is 5.49. The van der Waals surface area contributed by atoms with Gasteiger partial charge < -0.3 is 10.6 Å². The first-order chi connectivity index (χ1) is 7.92. The van der Waals surface area contributed by atoms with Gasteiger partial charge in [0.15, 0.2) is 0 Å². The molecule has 0 aromatic heterocycles. The Morgan fingerprint density at radius 3 is 2.59 bits per heavy atom. The minimum absolute atomic E-state index is 0.104. The van der Waals surface area contributed by atoms with Gasteiger partial charge in [-0.15, -0.1) is 0 Å². The van der Waals surface area contributed by atoms with Crippen LogP contribution >= 0.6 is 0 Å². The number of rotatable bonds is 5. The molecule has 0 aliphatic carbocycles. The number of benzene rings is 1. The lowest BCUT2D eigenvalue weighted by atomic mass is 10.2. The fraction of sp³-hybridized carbons (Fsp3) is 0.500. The second-order valence-electron chi connectivity index (χ2n) is 4.01. The molecule has 0 amide bonds. The second kappa shape index (κ2) is 5.91. The minimum Gasteiger partial charge on any atom is -0.375 e. The van der Waals surface area contributed by atoms with Gasteiger partial charge >= 0.3 is 6.18 Å². The Hall–Kier alpha value is -1.23. The Kier molecular flexibility index (Phi) is 4.81. The molecule has 5 heteroatoms. The number of nitrogens with two attached hydrogens (primary N) is 1. The van der Waals surface area contributed by atoms with E-state index in [1.807, 2.05) is 29.2 Å². The van der Waals surface area contributed by atoms with Crippen LogP contribution in [-0.2, 0) is 6.54 Å². The van der Waals surface area contributed by atoms with E-state index < -0.39 is 12.6 Å². The number of anilines is 1. The molecule has 96 valence electrons. The lowest BCUT2D eigenvalue weighted by Crippen LogP contribution is -2.20. The highest BCUT2D eigenvalue weighted by Gasteiger charge is 2.26. The summed E-state index contributed by atoms with van der Waals surface area (Å²) in [6, 6.07) is 7.52. The molecule has 0 unspecified atom stereocenters. The third kappa shape index (κ3) is 5.08. The Morgan fingerprint density at radius 1 is 1.29 bits per heavy atom. The van der Waals surface area contributed by atoms with E-state index in [0.29, 0.717) is 13.1 Å². The summed E-state index contributed by atoms with van der Waals surface area (Å²) < 4.78 is 36.0. The van der Waals surface area contributed by atoms with E-state index in [4.69, 9.17) is 5.73 Å². The van der Waals surface area contributed by atoms with Gasteiger partial charge in [0.1, 0.15) is 0 Å².